The van der Waals surface area contributed by atoms with Crippen LogP contribution in [0.5, 0.6) is 11.5 Å². The van der Waals surface area contributed by atoms with Crippen molar-refractivity contribution < 1.29 is 23.9 Å². The van der Waals surface area contributed by atoms with Crippen LogP contribution in [0.3, 0.4) is 0 Å². The number of rotatable bonds is 4. The molecule has 0 saturated carbocycles. The van der Waals surface area contributed by atoms with Gasteiger partial charge in [0.15, 0.2) is 17.5 Å². The van der Waals surface area contributed by atoms with Gasteiger partial charge in [-0.15, -0.1) is 0 Å². The number of carbonyl (C=O) groups is 3. The van der Waals surface area contributed by atoms with Crippen molar-refractivity contribution in [1.29, 1.82) is 0 Å². The minimum absolute atomic E-state index is 0.0750. The van der Waals surface area contributed by atoms with Crippen molar-refractivity contribution in [2.24, 2.45) is 11.5 Å². The van der Waals surface area contributed by atoms with Crippen molar-refractivity contribution in [2.75, 3.05) is 6.79 Å². The maximum atomic E-state index is 11.8. The largest absolute Gasteiger partial charge is 0.454 e. The van der Waals surface area contributed by atoms with E-state index >= 15 is 0 Å². The third kappa shape index (κ3) is 2.57. The van der Waals surface area contributed by atoms with Crippen molar-refractivity contribution in [2.45, 2.75) is 6.04 Å². The number of ether oxygens (including phenoxy) is 2. The summed E-state index contributed by atoms with van der Waals surface area (Å²) in [6.45, 7) is 0.0750. The molecule has 0 spiro atoms. The molecule has 0 saturated heterocycles. The highest BCUT2D eigenvalue weighted by atomic mass is 16.7. The first-order chi connectivity index (χ1) is 8.99. The Balaban J connectivity index is 2.16. The van der Waals surface area contributed by atoms with E-state index in [4.69, 9.17) is 20.9 Å². The minimum atomic E-state index is -1.56. The molecule has 1 aromatic rings. The molecular weight excluding hydrogens is 254 g/mol. The summed E-state index contributed by atoms with van der Waals surface area (Å²) in [4.78, 5) is 33.8. The second-order valence-corrected chi connectivity index (χ2v) is 3.78. The van der Waals surface area contributed by atoms with Gasteiger partial charge in [0.2, 0.25) is 18.6 Å². The van der Waals surface area contributed by atoms with E-state index in [1.54, 1.807) is 6.07 Å². The number of hydrogen-bond donors (Lipinski definition) is 3. The molecule has 0 aromatic heterocycles. The van der Waals surface area contributed by atoms with Crippen LogP contribution in [0.15, 0.2) is 18.2 Å². The van der Waals surface area contributed by atoms with Gasteiger partial charge < -0.3 is 26.3 Å². The summed E-state index contributed by atoms with van der Waals surface area (Å²) < 4.78 is 10.2. The monoisotopic (exact) mass is 265 g/mol. The Morgan fingerprint density at radius 1 is 1.11 bits per heavy atom. The number of nitrogens with one attached hydrogen (secondary N) is 1. The molecule has 3 amide bonds. The SMILES string of the molecule is NC(=O)C(NC(=O)c1ccc2c(c1)OCO2)C(N)=O. The summed E-state index contributed by atoms with van der Waals surface area (Å²) in [6, 6.07) is 2.87. The zero-order valence-electron chi connectivity index (χ0n) is 9.71. The van der Waals surface area contributed by atoms with E-state index < -0.39 is 23.8 Å². The number of fused-ring (bicyclic) bond motifs is 1. The van der Waals surface area contributed by atoms with Gasteiger partial charge in [0.05, 0.1) is 0 Å². The molecule has 100 valence electrons. The summed E-state index contributed by atoms with van der Waals surface area (Å²) >= 11 is 0. The Hall–Kier alpha value is -2.77. The molecule has 0 bridgehead atoms. The average molecular weight is 265 g/mol. The first-order valence-electron chi connectivity index (χ1n) is 5.28. The summed E-state index contributed by atoms with van der Waals surface area (Å²) in [5.41, 5.74) is 10.1. The topological polar surface area (TPSA) is 134 Å². The smallest absolute Gasteiger partial charge is 0.252 e. The molecule has 2 rings (SSSR count). The van der Waals surface area contributed by atoms with Gasteiger partial charge in [-0.2, -0.15) is 0 Å². The van der Waals surface area contributed by atoms with Gasteiger partial charge in [-0.1, -0.05) is 0 Å². The highest BCUT2D eigenvalue weighted by Gasteiger charge is 2.25. The fourth-order valence-corrected chi connectivity index (χ4v) is 1.53. The molecule has 1 heterocycles. The quantitative estimate of drug-likeness (QED) is 0.569. The summed E-state index contributed by atoms with van der Waals surface area (Å²) in [5, 5.41) is 2.14. The standard InChI is InChI=1S/C11H11N3O5/c12-9(15)8(10(13)16)14-11(17)5-1-2-6-7(3-5)19-4-18-6/h1-3,8H,4H2,(H2,12,15)(H2,13,16)(H,14,17). The fourth-order valence-electron chi connectivity index (χ4n) is 1.53. The van der Waals surface area contributed by atoms with Gasteiger partial charge in [0.25, 0.3) is 5.91 Å². The van der Waals surface area contributed by atoms with Gasteiger partial charge in [0.1, 0.15) is 0 Å². The first-order valence-corrected chi connectivity index (χ1v) is 5.28. The summed E-state index contributed by atoms with van der Waals surface area (Å²) in [7, 11) is 0. The van der Waals surface area contributed by atoms with Crippen molar-refractivity contribution in [1.82, 2.24) is 5.32 Å². The summed E-state index contributed by atoms with van der Waals surface area (Å²) in [6.07, 6.45) is 0. The van der Waals surface area contributed by atoms with Crippen LogP contribution in [0.2, 0.25) is 0 Å². The molecule has 1 aromatic carbocycles. The van der Waals surface area contributed by atoms with Crippen LogP contribution in [-0.2, 0) is 9.59 Å². The van der Waals surface area contributed by atoms with Crippen molar-refractivity contribution in [3.63, 3.8) is 0 Å². The van der Waals surface area contributed by atoms with Crippen LogP contribution in [0.25, 0.3) is 0 Å². The Labute approximate surface area is 107 Å². The van der Waals surface area contributed by atoms with E-state index in [1.807, 2.05) is 0 Å². The highest BCUT2D eigenvalue weighted by Crippen LogP contribution is 2.32. The zero-order chi connectivity index (χ0) is 14.0. The molecule has 8 heteroatoms. The van der Waals surface area contributed by atoms with Gasteiger partial charge in [-0.25, -0.2) is 0 Å². The van der Waals surface area contributed by atoms with Crippen LogP contribution in [0, 0.1) is 0 Å². The molecule has 0 atom stereocenters. The lowest BCUT2D eigenvalue weighted by atomic mass is 10.1. The normalized spacial score (nSPS) is 12.3. The molecule has 1 aliphatic rings. The lowest BCUT2D eigenvalue weighted by Crippen LogP contribution is -2.52. The van der Waals surface area contributed by atoms with Crippen molar-refractivity contribution >= 4 is 17.7 Å². The Bertz CT molecular complexity index is 543. The first kappa shape index (κ1) is 12.7. The maximum Gasteiger partial charge on any atom is 0.252 e. The van der Waals surface area contributed by atoms with E-state index in [9.17, 15) is 14.4 Å². The van der Waals surface area contributed by atoms with E-state index in [0.717, 1.165) is 0 Å². The Kier molecular flexibility index (Phi) is 3.23. The lowest BCUT2D eigenvalue weighted by Gasteiger charge is -2.11. The van der Waals surface area contributed by atoms with Crippen molar-refractivity contribution in [3.05, 3.63) is 23.8 Å². The second kappa shape index (κ2) is 4.84. The predicted molar refractivity (Wildman–Crippen MR) is 62.2 cm³/mol. The number of hydrogen-bond acceptors (Lipinski definition) is 5. The number of nitrogens with two attached hydrogens (primary N) is 2. The number of primary amides is 2. The maximum absolute atomic E-state index is 11.8. The highest BCUT2D eigenvalue weighted by molar-refractivity contribution is 6.08. The van der Waals surface area contributed by atoms with Crippen LogP contribution in [-0.4, -0.2) is 30.6 Å². The third-order valence-electron chi connectivity index (χ3n) is 2.48. The zero-order valence-corrected chi connectivity index (χ0v) is 9.71. The van der Waals surface area contributed by atoms with Gasteiger partial charge in [0, 0.05) is 5.56 Å². The van der Waals surface area contributed by atoms with Gasteiger partial charge in [-0.05, 0) is 18.2 Å². The van der Waals surface area contributed by atoms with Gasteiger partial charge in [-0.3, -0.25) is 14.4 Å². The average Bonchev–Trinajstić information content (AvgIpc) is 2.81. The summed E-state index contributed by atoms with van der Waals surface area (Å²) in [5.74, 6) is -1.80. The predicted octanol–water partition coefficient (Wildman–Crippen LogP) is -1.52. The minimum Gasteiger partial charge on any atom is -0.454 e. The molecule has 1 aliphatic heterocycles. The molecule has 0 aliphatic carbocycles. The van der Waals surface area contributed by atoms with Crippen LogP contribution in [0.4, 0.5) is 0 Å². The molecule has 5 N–H and O–H groups in total. The fraction of sp³-hybridized carbons (Fsp3) is 0.182. The van der Waals surface area contributed by atoms with E-state index in [1.165, 1.54) is 12.1 Å². The van der Waals surface area contributed by atoms with Gasteiger partial charge >= 0.3 is 0 Å². The Morgan fingerprint density at radius 2 is 1.74 bits per heavy atom. The lowest BCUT2D eigenvalue weighted by molar-refractivity contribution is -0.128. The molecular formula is C11H11N3O5. The van der Waals surface area contributed by atoms with Crippen molar-refractivity contribution in [3.8, 4) is 11.5 Å². The molecule has 8 nitrogen and oxygen atoms in total. The second-order valence-electron chi connectivity index (χ2n) is 3.78. The van der Waals surface area contributed by atoms with E-state index in [0.29, 0.717) is 11.5 Å². The molecule has 0 fully saturated rings. The Morgan fingerprint density at radius 3 is 2.37 bits per heavy atom. The number of benzene rings is 1. The third-order valence-corrected chi connectivity index (χ3v) is 2.48. The molecule has 0 radical (unpaired) electrons. The molecule has 0 unspecified atom stereocenters. The van der Waals surface area contributed by atoms with Crippen LogP contribution in [0.1, 0.15) is 10.4 Å². The van der Waals surface area contributed by atoms with E-state index in [2.05, 4.69) is 5.32 Å². The number of carbonyl (C=O) groups excluding carboxylic acids is 3. The van der Waals surface area contributed by atoms with E-state index in [-0.39, 0.29) is 12.4 Å². The molecule has 19 heavy (non-hydrogen) atoms. The number of amides is 3. The van der Waals surface area contributed by atoms with Crippen LogP contribution < -0.4 is 26.3 Å². The van der Waals surface area contributed by atoms with Crippen LogP contribution >= 0.6 is 0 Å².